The highest BCUT2D eigenvalue weighted by atomic mass is 79.9. The Balaban J connectivity index is 2.56. The van der Waals surface area contributed by atoms with Gasteiger partial charge in [-0.3, -0.25) is 4.79 Å². The summed E-state index contributed by atoms with van der Waals surface area (Å²) in [6, 6.07) is 8.04. The van der Waals surface area contributed by atoms with Crippen molar-refractivity contribution in [1.29, 1.82) is 0 Å². The number of carbonyl (C=O) groups is 1. The van der Waals surface area contributed by atoms with Crippen molar-refractivity contribution in [3.05, 3.63) is 34.3 Å². The van der Waals surface area contributed by atoms with Crippen molar-refractivity contribution < 1.29 is 4.79 Å². The van der Waals surface area contributed by atoms with E-state index in [4.69, 9.17) is 5.73 Å². The molecule has 0 saturated carbocycles. The average molecular weight is 356 g/mol. The van der Waals surface area contributed by atoms with E-state index < -0.39 is 5.54 Å². The highest BCUT2D eigenvalue weighted by molar-refractivity contribution is 9.10. The van der Waals surface area contributed by atoms with Crippen LogP contribution in [0, 0.1) is 0 Å². The highest BCUT2D eigenvalue weighted by Gasteiger charge is 2.30. The molecule has 0 spiro atoms. The molecule has 4 nitrogen and oxygen atoms in total. The summed E-state index contributed by atoms with van der Waals surface area (Å²) in [5, 5.41) is 2.93. The molecular formula is C16H26BrN3O. The molecule has 0 aromatic heterocycles. The lowest BCUT2D eigenvalue weighted by Gasteiger charge is -2.27. The van der Waals surface area contributed by atoms with Crippen LogP contribution in [0.25, 0.3) is 0 Å². The fourth-order valence-electron chi connectivity index (χ4n) is 1.99. The summed E-state index contributed by atoms with van der Waals surface area (Å²) in [6.07, 6.45) is 1.10. The van der Waals surface area contributed by atoms with Crippen molar-refractivity contribution in [3.8, 4) is 0 Å². The molecule has 2 atom stereocenters. The van der Waals surface area contributed by atoms with E-state index in [0.717, 1.165) is 23.0 Å². The molecule has 0 fully saturated rings. The highest BCUT2D eigenvalue weighted by Crippen LogP contribution is 2.20. The zero-order valence-electron chi connectivity index (χ0n) is 13.3. The smallest absolute Gasteiger partial charge is 0.244 e. The Morgan fingerprint density at radius 3 is 2.52 bits per heavy atom. The number of amides is 1. The van der Waals surface area contributed by atoms with Gasteiger partial charge in [0.2, 0.25) is 5.91 Å². The number of hydrogen-bond acceptors (Lipinski definition) is 3. The Morgan fingerprint density at radius 2 is 2.00 bits per heavy atom. The lowest BCUT2D eigenvalue weighted by atomic mass is 9.92. The Bertz CT molecular complexity index is 459. The van der Waals surface area contributed by atoms with Gasteiger partial charge >= 0.3 is 0 Å². The third kappa shape index (κ3) is 5.09. The van der Waals surface area contributed by atoms with Crippen LogP contribution in [0.4, 0.5) is 0 Å². The fraction of sp³-hybridized carbons (Fsp3) is 0.562. The molecule has 0 heterocycles. The summed E-state index contributed by atoms with van der Waals surface area (Å²) in [5.74, 6) is -0.151. The second-order valence-corrected chi connectivity index (χ2v) is 6.62. The van der Waals surface area contributed by atoms with Crippen molar-refractivity contribution in [2.45, 2.75) is 38.8 Å². The van der Waals surface area contributed by atoms with Crippen molar-refractivity contribution in [2.24, 2.45) is 5.73 Å². The number of carbonyl (C=O) groups excluding carboxylic acids is 1. The van der Waals surface area contributed by atoms with E-state index in [-0.39, 0.29) is 5.91 Å². The van der Waals surface area contributed by atoms with Gasteiger partial charge in [0.15, 0.2) is 0 Å². The van der Waals surface area contributed by atoms with Gasteiger partial charge in [-0.15, -0.1) is 0 Å². The summed E-state index contributed by atoms with van der Waals surface area (Å²) in [7, 11) is 2.07. The van der Waals surface area contributed by atoms with Gasteiger partial charge in [0, 0.05) is 23.6 Å². The second kappa shape index (κ2) is 7.92. The van der Waals surface area contributed by atoms with E-state index in [9.17, 15) is 4.79 Å². The first-order chi connectivity index (χ1) is 9.78. The maximum Gasteiger partial charge on any atom is 0.244 e. The predicted octanol–water partition coefficient (Wildman–Crippen LogP) is 2.47. The number of nitrogens with one attached hydrogen (secondary N) is 1. The second-order valence-electron chi connectivity index (χ2n) is 5.70. The van der Waals surface area contributed by atoms with E-state index >= 15 is 0 Å². The van der Waals surface area contributed by atoms with Gasteiger partial charge in [-0.25, -0.2) is 0 Å². The third-order valence-electron chi connectivity index (χ3n) is 4.01. The molecule has 0 aliphatic rings. The van der Waals surface area contributed by atoms with Crippen LogP contribution >= 0.6 is 15.9 Å². The molecule has 5 heteroatoms. The van der Waals surface area contributed by atoms with Crippen LogP contribution in [-0.2, 0) is 10.3 Å². The standard InChI is InChI=1S/C16H26BrN3O/c1-5-12(2)20(4)11-10-19-15(21)16(3,18)13-6-8-14(17)9-7-13/h6-9,12H,5,10-11,18H2,1-4H3,(H,19,21). The van der Waals surface area contributed by atoms with Crippen LogP contribution in [-0.4, -0.2) is 37.0 Å². The minimum absolute atomic E-state index is 0.151. The maximum atomic E-state index is 12.3. The van der Waals surface area contributed by atoms with Gasteiger partial charge in [0.05, 0.1) is 0 Å². The van der Waals surface area contributed by atoms with Crippen LogP contribution in [0.5, 0.6) is 0 Å². The number of hydrogen-bond donors (Lipinski definition) is 2. The van der Waals surface area contributed by atoms with Gasteiger partial charge < -0.3 is 16.0 Å². The molecule has 1 aromatic rings. The number of likely N-dealkylation sites (N-methyl/N-ethyl adjacent to an activating group) is 1. The van der Waals surface area contributed by atoms with Crippen molar-refractivity contribution in [1.82, 2.24) is 10.2 Å². The normalized spacial score (nSPS) is 15.6. The number of nitrogens with zero attached hydrogens (tertiary/aromatic N) is 1. The molecule has 1 rings (SSSR count). The van der Waals surface area contributed by atoms with Crippen molar-refractivity contribution >= 4 is 21.8 Å². The lowest BCUT2D eigenvalue weighted by molar-refractivity contribution is -0.126. The first-order valence-electron chi connectivity index (χ1n) is 7.32. The summed E-state index contributed by atoms with van der Waals surface area (Å²) < 4.78 is 0.970. The quantitative estimate of drug-likeness (QED) is 0.789. The van der Waals surface area contributed by atoms with Crippen LogP contribution in [0.1, 0.15) is 32.8 Å². The maximum absolute atomic E-state index is 12.3. The average Bonchev–Trinajstić information content (AvgIpc) is 2.46. The third-order valence-corrected chi connectivity index (χ3v) is 4.54. The summed E-state index contributed by atoms with van der Waals surface area (Å²) >= 11 is 3.38. The van der Waals surface area contributed by atoms with Gasteiger partial charge in [-0.1, -0.05) is 35.0 Å². The van der Waals surface area contributed by atoms with Gasteiger partial charge in [-0.05, 0) is 45.0 Å². The molecule has 0 radical (unpaired) electrons. The number of halogens is 1. The SMILES string of the molecule is CCC(C)N(C)CCNC(=O)C(C)(N)c1ccc(Br)cc1. The van der Waals surface area contributed by atoms with Crippen molar-refractivity contribution in [3.63, 3.8) is 0 Å². The number of rotatable bonds is 7. The number of nitrogens with two attached hydrogens (primary N) is 1. The topological polar surface area (TPSA) is 58.4 Å². The fourth-order valence-corrected chi connectivity index (χ4v) is 2.25. The molecule has 3 N–H and O–H groups in total. The summed E-state index contributed by atoms with van der Waals surface area (Å²) in [6.45, 7) is 7.49. The van der Waals surface area contributed by atoms with E-state index in [1.165, 1.54) is 0 Å². The molecule has 21 heavy (non-hydrogen) atoms. The first kappa shape index (κ1) is 18.1. The van der Waals surface area contributed by atoms with E-state index in [1.54, 1.807) is 6.92 Å². The Hall–Kier alpha value is -0.910. The van der Waals surface area contributed by atoms with Crippen LogP contribution in [0.15, 0.2) is 28.7 Å². The van der Waals surface area contributed by atoms with E-state index in [1.807, 2.05) is 24.3 Å². The van der Waals surface area contributed by atoms with Crippen molar-refractivity contribution in [2.75, 3.05) is 20.1 Å². The Morgan fingerprint density at radius 1 is 1.43 bits per heavy atom. The zero-order valence-corrected chi connectivity index (χ0v) is 14.9. The lowest BCUT2D eigenvalue weighted by Crippen LogP contribution is -2.50. The number of benzene rings is 1. The van der Waals surface area contributed by atoms with Gasteiger partial charge in [-0.2, -0.15) is 0 Å². The zero-order chi connectivity index (χ0) is 16.0. The van der Waals surface area contributed by atoms with Crippen LogP contribution < -0.4 is 11.1 Å². The molecule has 0 saturated heterocycles. The molecule has 0 bridgehead atoms. The summed E-state index contributed by atoms with van der Waals surface area (Å²) in [5.41, 5.74) is 5.98. The van der Waals surface area contributed by atoms with Gasteiger partial charge in [0.25, 0.3) is 0 Å². The molecule has 1 amide bonds. The Labute approximate surface area is 136 Å². The predicted molar refractivity (Wildman–Crippen MR) is 91.1 cm³/mol. The van der Waals surface area contributed by atoms with Gasteiger partial charge in [0.1, 0.15) is 5.54 Å². The Kier molecular flexibility index (Phi) is 6.84. The van der Waals surface area contributed by atoms with Crippen LogP contribution in [0.2, 0.25) is 0 Å². The monoisotopic (exact) mass is 355 g/mol. The molecule has 1 aromatic carbocycles. The molecular weight excluding hydrogens is 330 g/mol. The summed E-state index contributed by atoms with van der Waals surface area (Å²) in [4.78, 5) is 14.5. The first-order valence-corrected chi connectivity index (χ1v) is 8.11. The minimum Gasteiger partial charge on any atom is -0.353 e. The van der Waals surface area contributed by atoms with E-state index in [0.29, 0.717) is 12.6 Å². The minimum atomic E-state index is -1.02. The molecule has 0 aliphatic heterocycles. The molecule has 0 aliphatic carbocycles. The van der Waals surface area contributed by atoms with Crippen LogP contribution in [0.3, 0.4) is 0 Å². The molecule has 118 valence electrons. The molecule has 2 unspecified atom stereocenters. The van der Waals surface area contributed by atoms with E-state index in [2.05, 4.69) is 47.0 Å². The largest absolute Gasteiger partial charge is 0.353 e.